The normalized spacial score (nSPS) is 21.8. The zero-order valence-electron chi connectivity index (χ0n) is 16.8. The zero-order valence-corrected chi connectivity index (χ0v) is 16.8. The van der Waals surface area contributed by atoms with Crippen LogP contribution in [0.3, 0.4) is 0 Å². The highest BCUT2D eigenvalue weighted by molar-refractivity contribution is 6.29. The first-order valence-electron chi connectivity index (χ1n) is 10.3. The maximum Gasteiger partial charge on any atom is 0.368 e. The van der Waals surface area contributed by atoms with E-state index >= 15 is 0 Å². The molecule has 0 fully saturated rings. The Morgan fingerprint density at radius 1 is 1.07 bits per heavy atom. The van der Waals surface area contributed by atoms with Crippen LogP contribution in [0.5, 0.6) is 5.75 Å². The number of nitrogens with zero attached hydrogens (tertiary/aromatic N) is 2. The van der Waals surface area contributed by atoms with Gasteiger partial charge in [0.15, 0.2) is 5.75 Å². The monoisotopic (exact) mass is 398 g/mol. The van der Waals surface area contributed by atoms with Crippen LogP contribution in [0.4, 0.5) is 5.69 Å². The number of allylic oxidation sites excluding steroid dienone is 4. The number of hydrogen-bond donors (Lipinski definition) is 0. The van der Waals surface area contributed by atoms with Crippen LogP contribution in [0.15, 0.2) is 94.5 Å². The maximum absolute atomic E-state index is 12.5. The van der Waals surface area contributed by atoms with Crippen molar-refractivity contribution in [2.24, 2.45) is 5.16 Å². The smallest absolute Gasteiger partial charge is 0.368 e. The summed E-state index contributed by atoms with van der Waals surface area (Å²) in [7, 11) is 0. The van der Waals surface area contributed by atoms with Crippen molar-refractivity contribution in [3.05, 3.63) is 94.9 Å². The van der Waals surface area contributed by atoms with Gasteiger partial charge < -0.3 is 14.5 Å². The van der Waals surface area contributed by atoms with Crippen molar-refractivity contribution in [1.82, 2.24) is 0 Å². The van der Waals surface area contributed by atoms with Crippen LogP contribution in [0, 0.1) is 0 Å². The highest BCUT2D eigenvalue weighted by Crippen LogP contribution is 2.39. The van der Waals surface area contributed by atoms with Gasteiger partial charge >= 0.3 is 5.97 Å². The quantitative estimate of drug-likeness (QED) is 0.532. The van der Waals surface area contributed by atoms with Crippen LogP contribution in [0.2, 0.25) is 0 Å². The first-order valence-corrected chi connectivity index (χ1v) is 10.3. The van der Waals surface area contributed by atoms with Gasteiger partial charge in [-0.05, 0) is 49.5 Å². The van der Waals surface area contributed by atoms with E-state index < -0.39 is 0 Å². The van der Waals surface area contributed by atoms with E-state index in [1.807, 2.05) is 48.5 Å². The van der Waals surface area contributed by atoms with Crippen LogP contribution < -0.4 is 9.64 Å². The Labute approximate surface area is 175 Å². The molecule has 0 spiro atoms. The van der Waals surface area contributed by atoms with Gasteiger partial charge in [0.1, 0.15) is 5.71 Å². The highest BCUT2D eigenvalue weighted by atomic mass is 16.7. The topological polar surface area (TPSA) is 51.1 Å². The lowest BCUT2D eigenvalue weighted by Crippen LogP contribution is -2.19. The summed E-state index contributed by atoms with van der Waals surface area (Å²) in [5.74, 6) is 1.31. The lowest BCUT2D eigenvalue weighted by Gasteiger charge is -2.18. The molecule has 30 heavy (non-hydrogen) atoms. The average Bonchev–Trinajstić information content (AvgIpc) is 3.34. The summed E-state index contributed by atoms with van der Waals surface area (Å²) in [5, 5.41) is 4.06. The van der Waals surface area contributed by atoms with Crippen LogP contribution in [0.1, 0.15) is 31.7 Å². The summed E-state index contributed by atoms with van der Waals surface area (Å²) in [4.78, 5) is 19.7. The van der Waals surface area contributed by atoms with E-state index in [1.54, 1.807) is 0 Å². The third-order valence-electron chi connectivity index (χ3n) is 5.56. The fraction of sp³-hybridized carbons (Fsp3) is 0.200. The molecule has 2 aliphatic heterocycles. The number of oxime groups is 1. The summed E-state index contributed by atoms with van der Waals surface area (Å²) >= 11 is 0. The molecular formula is C25H22N2O3. The Morgan fingerprint density at radius 3 is 2.70 bits per heavy atom. The number of anilines is 1. The van der Waals surface area contributed by atoms with E-state index in [0.717, 1.165) is 59.8 Å². The van der Waals surface area contributed by atoms with Crippen molar-refractivity contribution < 1.29 is 14.4 Å². The standard InChI is InChI=1S/C25H22N2O3/c1-2-27-20-13-6-7-14-21(20)29-22(27)16-17-9-8-12-19(15-17)23-24(26-30-25(23)28)18-10-4-3-5-11-18/h3-7,10-11,13-16H,2,8-9,12H2,1H3. The molecule has 150 valence electrons. The molecule has 5 heteroatoms. The second-order valence-electron chi connectivity index (χ2n) is 7.45. The van der Waals surface area contributed by atoms with Gasteiger partial charge in [-0.1, -0.05) is 53.7 Å². The molecule has 1 aliphatic carbocycles. The molecule has 2 heterocycles. The molecule has 5 nitrogen and oxygen atoms in total. The van der Waals surface area contributed by atoms with Crippen molar-refractivity contribution in [3.8, 4) is 5.75 Å². The van der Waals surface area contributed by atoms with Gasteiger partial charge in [0, 0.05) is 18.2 Å². The Hall–Kier alpha value is -3.60. The predicted molar refractivity (Wildman–Crippen MR) is 116 cm³/mol. The predicted octanol–water partition coefficient (Wildman–Crippen LogP) is 5.11. The van der Waals surface area contributed by atoms with E-state index in [1.165, 1.54) is 0 Å². The minimum absolute atomic E-state index is 0.381. The van der Waals surface area contributed by atoms with Crippen molar-refractivity contribution in [3.63, 3.8) is 0 Å². The first-order chi connectivity index (χ1) is 14.7. The van der Waals surface area contributed by atoms with Crippen LogP contribution in [-0.4, -0.2) is 18.2 Å². The third-order valence-corrected chi connectivity index (χ3v) is 5.56. The molecule has 0 aromatic heterocycles. The van der Waals surface area contributed by atoms with Crippen molar-refractivity contribution in [2.45, 2.75) is 26.2 Å². The summed E-state index contributed by atoms with van der Waals surface area (Å²) < 4.78 is 6.10. The van der Waals surface area contributed by atoms with E-state index in [2.05, 4.69) is 35.2 Å². The lowest BCUT2D eigenvalue weighted by atomic mass is 9.88. The number of fused-ring (bicyclic) bond motifs is 1. The van der Waals surface area contributed by atoms with Crippen LogP contribution in [-0.2, 0) is 9.63 Å². The molecule has 0 bridgehead atoms. The Balaban J connectivity index is 1.51. The van der Waals surface area contributed by atoms with E-state index in [9.17, 15) is 4.79 Å². The molecule has 0 amide bonds. The summed E-state index contributed by atoms with van der Waals surface area (Å²) in [5.41, 5.74) is 5.25. The summed E-state index contributed by atoms with van der Waals surface area (Å²) in [6.45, 7) is 2.93. The second kappa shape index (κ2) is 7.67. The fourth-order valence-electron chi connectivity index (χ4n) is 4.16. The SMILES string of the molecule is CCN1C(=CC2=CC(=C3C(=O)ON=C3c3ccccc3)CCC2)Oc2ccccc21. The van der Waals surface area contributed by atoms with Crippen LogP contribution >= 0.6 is 0 Å². The molecule has 3 aliphatic rings. The average molecular weight is 398 g/mol. The molecule has 2 aromatic rings. The number of carbonyl (C=O) groups is 1. The lowest BCUT2D eigenvalue weighted by molar-refractivity contribution is -0.136. The minimum atomic E-state index is -0.381. The minimum Gasteiger partial charge on any atom is -0.439 e. The van der Waals surface area contributed by atoms with E-state index in [0.29, 0.717) is 11.3 Å². The molecule has 2 aromatic carbocycles. The second-order valence-corrected chi connectivity index (χ2v) is 7.45. The number of para-hydroxylation sites is 2. The van der Waals surface area contributed by atoms with E-state index in [-0.39, 0.29) is 5.97 Å². The number of ether oxygens (including phenoxy) is 1. The third kappa shape index (κ3) is 3.22. The Bertz CT molecular complexity index is 1130. The number of carbonyl (C=O) groups excluding carboxylic acids is 1. The molecule has 0 saturated carbocycles. The van der Waals surface area contributed by atoms with Crippen molar-refractivity contribution in [1.29, 1.82) is 0 Å². The van der Waals surface area contributed by atoms with E-state index in [4.69, 9.17) is 9.57 Å². The molecule has 0 radical (unpaired) electrons. The molecule has 5 rings (SSSR count). The highest BCUT2D eigenvalue weighted by Gasteiger charge is 2.31. The molecule has 0 saturated heterocycles. The zero-order chi connectivity index (χ0) is 20.5. The van der Waals surface area contributed by atoms with Gasteiger partial charge in [-0.3, -0.25) is 0 Å². The van der Waals surface area contributed by atoms with Crippen molar-refractivity contribution in [2.75, 3.05) is 11.4 Å². The van der Waals surface area contributed by atoms with Crippen LogP contribution in [0.25, 0.3) is 0 Å². The maximum atomic E-state index is 12.5. The summed E-state index contributed by atoms with van der Waals surface area (Å²) in [6, 6.07) is 17.8. The molecule has 0 N–H and O–H groups in total. The van der Waals surface area contributed by atoms with Gasteiger partial charge in [0.25, 0.3) is 0 Å². The fourth-order valence-corrected chi connectivity index (χ4v) is 4.16. The van der Waals surface area contributed by atoms with Gasteiger partial charge in [0.05, 0.1) is 11.3 Å². The molecular weight excluding hydrogens is 376 g/mol. The largest absolute Gasteiger partial charge is 0.439 e. The Kier molecular flexibility index (Phi) is 4.71. The number of rotatable bonds is 3. The first kappa shape index (κ1) is 18.4. The Morgan fingerprint density at radius 2 is 1.87 bits per heavy atom. The van der Waals surface area contributed by atoms with Gasteiger partial charge in [-0.2, -0.15) is 0 Å². The van der Waals surface area contributed by atoms with Gasteiger partial charge in [-0.15, -0.1) is 0 Å². The number of hydrogen-bond acceptors (Lipinski definition) is 5. The molecule has 0 unspecified atom stereocenters. The van der Waals surface area contributed by atoms with Crippen molar-refractivity contribution >= 4 is 17.4 Å². The van der Waals surface area contributed by atoms with Gasteiger partial charge in [-0.25, -0.2) is 4.79 Å². The summed E-state index contributed by atoms with van der Waals surface area (Å²) in [6.07, 6.45) is 6.90. The molecule has 0 atom stereocenters. The van der Waals surface area contributed by atoms with Gasteiger partial charge in [0.2, 0.25) is 5.88 Å². The number of benzene rings is 2.